The van der Waals surface area contributed by atoms with E-state index in [4.69, 9.17) is 4.42 Å². The summed E-state index contributed by atoms with van der Waals surface area (Å²) in [7, 11) is 1.26. The van der Waals surface area contributed by atoms with Gasteiger partial charge >= 0.3 is 5.97 Å². The Labute approximate surface area is 97.0 Å². The molecule has 1 aromatic rings. The minimum atomic E-state index is -0.508. The lowest BCUT2D eigenvalue weighted by Gasteiger charge is -2.26. The quantitative estimate of drug-likeness (QED) is 0.719. The van der Waals surface area contributed by atoms with Crippen LogP contribution in [-0.4, -0.2) is 42.9 Å². The van der Waals surface area contributed by atoms with Crippen LogP contribution in [0.1, 0.15) is 5.76 Å². The van der Waals surface area contributed by atoms with Gasteiger partial charge in [-0.15, -0.1) is 0 Å². The van der Waals surface area contributed by atoms with Gasteiger partial charge in [-0.1, -0.05) is 0 Å². The fourth-order valence-corrected chi connectivity index (χ4v) is 1.33. The summed E-state index contributed by atoms with van der Waals surface area (Å²) < 4.78 is 9.63. The van der Waals surface area contributed by atoms with E-state index in [1.165, 1.54) is 13.4 Å². The normalized spacial score (nSPS) is 15.2. The number of hydrazine groups is 1. The van der Waals surface area contributed by atoms with Crippen LogP contribution < -0.4 is 5.43 Å². The molecule has 0 aliphatic carbocycles. The molecule has 0 bridgehead atoms. The average Bonchev–Trinajstić information content (AvgIpc) is 2.85. The molecule has 1 N–H and O–H groups in total. The van der Waals surface area contributed by atoms with Crippen molar-refractivity contribution in [1.29, 1.82) is 0 Å². The Morgan fingerprint density at radius 2 is 2.53 bits per heavy atom. The predicted octanol–water partition coefficient (Wildman–Crippen LogP) is -0.454. The third-order valence-corrected chi connectivity index (χ3v) is 2.18. The van der Waals surface area contributed by atoms with E-state index in [0.717, 1.165) is 5.01 Å². The molecule has 2 heterocycles. The van der Waals surface area contributed by atoms with Gasteiger partial charge in [0.25, 0.3) is 5.91 Å². The second-order valence-electron chi connectivity index (χ2n) is 3.31. The first-order valence-corrected chi connectivity index (χ1v) is 4.93. The molecule has 1 amide bonds. The number of nitrogens with one attached hydrogen (secondary N) is 1. The molecule has 1 aliphatic rings. The second kappa shape index (κ2) is 4.69. The number of methoxy groups -OCH3 is 1. The highest BCUT2D eigenvalue weighted by Crippen LogP contribution is 2.05. The number of furan rings is 1. The first-order valence-electron chi connectivity index (χ1n) is 4.93. The Hall–Kier alpha value is -2.31. The molecule has 17 heavy (non-hydrogen) atoms. The molecule has 0 unspecified atom stereocenters. The molecular weight excluding hydrogens is 226 g/mol. The number of hydrogen-bond donors (Lipinski definition) is 1. The molecule has 0 spiro atoms. The second-order valence-corrected chi connectivity index (χ2v) is 3.31. The van der Waals surface area contributed by atoms with Crippen molar-refractivity contribution in [3.05, 3.63) is 24.2 Å². The van der Waals surface area contributed by atoms with Gasteiger partial charge in [0.05, 0.1) is 13.4 Å². The van der Waals surface area contributed by atoms with E-state index in [2.05, 4.69) is 15.2 Å². The third-order valence-electron chi connectivity index (χ3n) is 2.18. The van der Waals surface area contributed by atoms with E-state index < -0.39 is 5.97 Å². The van der Waals surface area contributed by atoms with Crippen molar-refractivity contribution in [3.63, 3.8) is 0 Å². The Kier molecular flexibility index (Phi) is 3.08. The minimum absolute atomic E-state index is 0.0278. The highest BCUT2D eigenvalue weighted by molar-refractivity contribution is 6.01. The summed E-state index contributed by atoms with van der Waals surface area (Å²) in [5, 5.41) is 1.15. The lowest BCUT2D eigenvalue weighted by molar-refractivity contribution is -0.148. The summed E-state index contributed by atoms with van der Waals surface area (Å²) >= 11 is 0. The molecule has 0 aromatic carbocycles. The van der Waals surface area contributed by atoms with Crippen molar-refractivity contribution in [2.45, 2.75) is 0 Å². The van der Waals surface area contributed by atoms with Crippen LogP contribution >= 0.6 is 0 Å². The van der Waals surface area contributed by atoms with E-state index >= 15 is 0 Å². The Morgan fingerprint density at radius 3 is 3.18 bits per heavy atom. The molecule has 0 atom stereocenters. The number of aliphatic imine (C=N–C) groups is 1. The maximum atomic E-state index is 11.5. The SMILES string of the molecule is COC(=O)CN1NC(c2ccco2)=NCC1=O. The molecule has 0 saturated heterocycles. The van der Waals surface area contributed by atoms with E-state index in [1.54, 1.807) is 12.1 Å². The molecule has 1 aromatic heterocycles. The van der Waals surface area contributed by atoms with Crippen LogP contribution in [-0.2, 0) is 14.3 Å². The monoisotopic (exact) mass is 237 g/mol. The van der Waals surface area contributed by atoms with Crippen molar-refractivity contribution < 1.29 is 18.7 Å². The fraction of sp³-hybridized carbons (Fsp3) is 0.300. The van der Waals surface area contributed by atoms with Gasteiger partial charge in [-0.05, 0) is 12.1 Å². The zero-order chi connectivity index (χ0) is 12.3. The van der Waals surface area contributed by atoms with Gasteiger partial charge in [0.2, 0.25) is 0 Å². The van der Waals surface area contributed by atoms with Crippen molar-refractivity contribution in [3.8, 4) is 0 Å². The summed E-state index contributed by atoms with van der Waals surface area (Å²) in [6.45, 7) is -0.199. The Balaban J connectivity index is 2.09. The van der Waals surface area contributed by atoms with Crippen LogP contribution in [0.25, 0.3) is 0 Å². The topological polar surface area (TPSA) is 84.1 Å². The Bertz CT molecular complexity index is 452. The summed E-state index contributed by atoms with van der Waals surface area (Å²) in [6, 6.07) is 3.42. The summed E-state index contributed by atoms with van der Waals surface area (Å²) in [5.41, 5.74) is 2.71. The molecule has 1 aliphatic heterocycles. The lowest BCUT2D eigenvalue weighted by atomic mass is 10.4. The number of carbonyl (C=O) groups is 2. The maximum Gasteiger partial charge on any atom is 0.327 e. The van der Waals surface area contributed by atoms with Crippen LogP contribution in [0.3, 0.4) is 0 Å². The highest BCUT2D eigenvalue weighted by Gasteiger charge is 2.24. The number of ether oxygens (including phenoxy) is 1. The standard InChI is InChI=1S/C10H11N3O4/c1-16-9(15)6-13-8(14)5-11-10(12-13)7-3-2-4-17-7/h2-4H,5-6H2,1H3,(H,11,12). The van der Waals surface area contributed by atoms with Gasteiger partial charge in [0.1, 0.15) is 13.1 Å². The average molecular weight is 237 g/mol. The number of nitrogens with zero attached hydrogens (tertiary/aromatic N) is 2. The van der Waals surface area contributed by atoms with E-state index in [1.807, 2.05) is 0 Å². The number of rotatable bonds is 3. The molecule has 0 radical (unpaired) electrons. The van der Waals surface area contributed by atoms with Gasteiger partial charge < -0.3 is 9.15 Å². The number of hydrogen-bond acceptors (Lipinski definition) is 6. The molecular formula is C10H11N3O4. The summed E-state index contributed by atoms with van der Waals surface area (Å²) in [6.07, 6.45) is 1.50. The lowest BCUT2D eigenvalue weighted by Crippen LogP contribution is -2.53. The van der Waals surface area contributed by atoms with Crippen molar-refractivity contribution in [2.75, 3.05) is 20.2 Å². The summed E-state index contributed by atoms with van der Waals surface area (Å²) in [5.74, 6) is 0.114. The molecule has 0 fully saturated rings. The van der Waals surface area contributed by atoms with Crippen LogP contribution in [0.15, 0.2) is 27.8 Å². The zero-order valence-electron chi connectivity index (χ0n) is 9.17. The van der Waals surface area contributed by atoms with Crippen LogP contribution in [0.2, 0.25) is 0 Å². The van der Waals surface area contributed by atoms with Crippen molar-refractivity contribution in [2.24, 2.45) is 4.99 Å². The first-order chi connectivity index (χ1) is 8.20. The Morgan fingerprint density at radius 1 is 1.71 bits per heavy atom. The van der Waals surface area contributed by atoms with E-state index in [9.17, 15) is 9.59 Å². The van der Waals surface area contributed by atoms with Crippen LogP contribution in [0.4, 0.5) is 0 Å². The van der Waals surface area contributed by atoms with Gasteiger partial charge in [0, 0.05) is 0 Å². The molecule has 2 rings (SSSR count). The van der Waals surface area contributed by atoms with Crippen molar-refractivity contribution >= 4 is 17.7 Å². The fourth-order valence-electron chi connectivity index (χ4n) is 1.33. The zero-order valence-corrected chi connectivity index (χ0v) is 9.17. The largest absolute Gasteiger partial charge is 0.468 e. The molecule has 7 nitrogen and oxygen atoms in total. The van der Waals surface area contributed by atoms with Gasteiger partial charge in [-0.2, -0.15) is 0 Å². The summed E-state index contributed by atoms with van der Waals surface area (Å²) in [4.78, 5) is 26.6. The first kappa shape index (κ1) is 11.2. The maximum absolute atomic E-state index is 11.5. The molecule has 90 valence electrons. The minimum Gasteiger partial charge on any atom is -0.468 e. The number of esters is 1. The molecule has 7 heteroatoms. The van der Waals surface area contributed by atoms with Crippen LogP contribution in [0, 0.1) is 0 Å². The van der Waals surface area contributed by atoms with E-state index in [-0.39, 0.29) is 19.0 Å². The van der Waals surface area contributed by atoms with Gasteiger partial charge in [-0.25, -0.2) is 5.01 Å². The van der Waals surface area contributed by atoms with Gasteiger partial charge in [-0.3, -0.25) is 20.0 Å². The third kappa shape index (κ3) is 2.44. The van der Waals surface area contributed by atoms with Crippen molar-refractivity contribution in [1.82, 2.24) is 10.4 Å². The predicted molar refractivity (Wildman–Crippen MR) is 57.0 cm³/mol. The number of amides is 1. The molecule has 0 saturated carbocycles. The van der Waals surface area contributed by atoms with E-state index in [0.29, 0.717) is 11.6 Å². The number of amidine groups is 1. The smallest absolute Gasteiger partial charge is 0.327 e. The number of carbonyl (C=O) groups excluding carboxylic acids is 2. The van der Waals surface area contributed by atoms with Crippen LogP contribution in [0.5, 0.6) is 0 Å². The highest BCUT2D eigenvalue weighted by atomic mass is 16.5. The van der Waals surface area contributed by atoms with Gasteiger partial charge in [0.15, 0.2) is 11.6 Å².